The molecule has 3 heteroatoms. The van der Waals surface area contributed by atoms with Crippen molar-refractivity contribution in [2.45, 2.75) is 12.8 Å². The van der Waals surface area contributed by atoms with Crippen molar-refractivity contribution in [2.75, 3.05) is 0 Å². The summed E-state index contributed by atoms with van der Waals surface area (Å²) in [6, 6.07) is 3.68. The summed E-state index contributed by atoms with van der Waals surface area (Å²) in [7, 11) is 0. The van der Waals surface area contributed by atoms with E-state index in [1.807, 2.05) is 12.1 Å². The van der Waals surface area contributed by atoms with Crippen LogP contribution in [-0.2, 0) is 4.79 Å². The summed E-state index contributed by atoms with van der Waals surface area (Å²) >= 11 is 5.14. The van der Waals surface area contributed by atoms with E-state index in [-0.39, 0.29) is 5.24 Å². The average molecular weight is 194 g/mol. The van der Waals surface area contributed by atoms with Crippen molar-refractivity contribution in [2.24, 2.45) is 0 Å². The first-order valence-electron chi connectivity index (χ1n) is 3.86. The minimum atomic E-state index is -0.347. The lowest BCUT2D eigenvalue weighted by atomic mass is 10.2. The van der Waals surface area contributed by atoms with Crippen LogP contribution in [0.15, 0.2) is 24.5 Å². The predicted molar refractivity (Wildman–Crippen MR) is 51.2 cm³/mol. The van der Waals surface area contributed by atoms with Gasteiger partial charge < -0.3 is 0 Å². The predicted octanol–water partition coefficient (Wildman–Crippen LogP) is 1.98. The fraction of sp³-hybridized carbons (Fsp3) is 0.200. The number of hydrogen-bond donors (Lipinski definition) is 0. The molecule has 1 aromatic heterocycles. The summed E-state index contributed by atoms with van der Waals surface area (Å²) in [5.74, 6) is 5.71. The smallest absolute Gasteiger partial charge is 0.222 e. The van der Waals surface area contributed by atoms with Crippen LogP contribution in [0.2, 0.25) is 0 Å². The van der Waals surface area contributed by atoms with Crippen LogP contribution in [0.5, 0.6) is 0 Å². The van der Waals surface area contributed by atoms with Gasteiger partial charge in [-0.05, 0) is 23.7 Å². The van der Waals surface area contributed by atoms with Crippen LogP contribution in [0.3, 0.4) is 0 Å². The largest absolute Gasteiger partial charge is 0.281 e. The van der Waals surface area contributed by atoms with Crippen LogP contribution < -0.4 is 0 Å². The average Bonchev–Trinajstić information content (AvgIpc) is 2.14. The lowest BCUT2D eigenvalue weighted by Gasteiger charge is -1.85. The molecule has 1 aromatic rings. The zero-order valence-electron chi connectivity index (χ0n) is 6.96. The number of carbonyl (C=O) groups is 1. The van der Waals surface area contributed by atoms with E-state index in [9.17, 15) is 4.79 Å². The van der Waals surface area contributed by atoms with Crippen LogP contribution in [0.25, 0.3) is 0 Å². The number of aromatic nitrogens is 1. The molecular formula is C10H8ClNO. The monoisotopic (exact) mass is 193 g/mol. The Morgan fingerprint density at radius 2 is 2.46 bits per heavy atom. The summed E-state index contributed by atoms with van der Waals surface area (Å²) in [6.07, 6.45) is 4.16. The molecule has 1 heterocycles. The van der Waals surface area contributed by atoms with Crippen LogP contribution in [0, 0.1) is 11.8 Å². The zero-order chi connectivity index (χ0) is 9.52. The maximum absolute atomic E-state index is 10.3. The van der Waals surface area contributed by atoms with E-state index in [1.165, 1.54) is 0 Å². The molecule has 0 aromatic carbocycles. The van der Waals surface area contributed by atoms with Gasteiger partial charge >= 0.3 is 0 Å². The highest BCUT2D eigenvalue weighted by atomic mass is 35.5. The van der Waals surface area contributed by atoms with Crippen molar-refractivity contribution in [1.82, 2.24) is 4.98 Å². The highest BCUT2D eigenvalue weighted by Gasteiger charge is 1.90. The Morgan fingerprint density at radius 1 is 1.62 bits per heavy atom. The third kappa shape index (κ3) is 4.29. The summed E-state index contributed by atoms with van der Waals surface area (Å²) in [5.41, 5.74) is 0.851. The Hall–Kier alpha value is -1.33. The van der Waals surface area contributed by atoms with Gasteiger partial charge in [-0.25, -0.2) is 0 Å². The Bertz CT molecular complexity index is 337. The number of carbonyl (C=O) groups excluding carboxylic acids is 1. The second-order valence-electron chi connectivity index (χ2n) is 2.40. The molecule has 0 N–H and O–H groups in total. The maximum Gasteiger partial charge on any atom is 0.222 e. The molecule has 0 amide bonds. The normalized spacial score (nSPS) is 8.69. The first kappa shape index (κ1) is 9.76. The summed E-state index contributed by atoms with van der Waals surface area (Å²) < 4.78 is 0. The fourth-order valence-electron chi connectivity index (χ4n) is 0.762. The Balaban J connectivity index is 2.44. The zero-order valence-corrected chi connectivity index (χ0v) is 7.71. The molecule has 0 radical (unpaired) electrons. The van der Waals surface area contributed by atoms with Crippen molar-refractivity contribution in [3.63, 3.8) is 0 Å². The highest BCUT2D eigenvalue weighted by molar-refractivity contribution is 6.63. The Kier molecular flexibility index (Phi) is 4.01. The second kappa shape index (κ2) is 5.34. The summed E-state index contributed by atoms with van der Waals surface area (Å²) in [5, 5.41) is -0.347. The molecule has 0 aliphatic heterocycles. The van der Waals surface area contributed by atoms with Gasteiger partial charge in [0.05, 0.1) is 0 Å². The maximum atomic E-state index is 10.3. The van der Waals surface area contributed by atoms with E-state index in [0.717, 1.165) is 5.56 Å². The first-order valence-corrected chi connectivity index (χ1v) is 4.24. The lowest BCUT2D eigenvalue weighted by Crippen LogP contribution is -1.82. The number of hydrogen-bond acceptors (Lipinski definition) is 2. The molecule has 0 aliphatic carbocycles. The number of rotatable bonds is 2. The van der Waals surface area contributed by atoms with Gasteiger partial charge in [-0.2, -0.15) is 0 Å². The summed E-state index contributed by atoms with van der Waals surface area (Å²) in [4.78, 5) is 14.2. The van der Waals surface area contributed by atoms with Gasteiger partial charge in [0.15, 0.2) is 0 Å². The van der Waals surface area contributed by atoms with E-state index in [2.05, 4.69) is 16.8 Å². The van der Waals surface area contributed by atoms with Crippen LogP contribution in [0.1, 0.15) is 18.4 Å². The summed E-state index contributed by atoms with van der Waals surface area (Å²) in [6.45, 7) is 0. The molecule has 0 atom stereocenters. The fourth-order valence-corrected chi connectivity index (χ4v) is 0.857. The first-order chi connectivity index (χ1) is 6.29. The van der Waals surface area contributed by atoms with Gasteiger partial charge in [0.2, 0.25) is 5.24 Å². The Morgan fingerprint density at radius 3 is 3.08 bits per heavy atom. The van der Waals surface area contributed by atoms with Gasteiger partial charge in [0, 0.05) is 30.8 Å². The van der Waals surface area contributed by atoms with Gasteiger partial charge in [-0.3, -0.25) is 9.78 Å². The molecule has 0 bridgehead atoms. The van der Waals surface area contributed by atoms with Gasteiger partial charge in [0.1, 0.15) is 0 Å². The van der Waals surface area contributed by atoms with Crippen molar-refractivity contribution in [3.05, 3.63) is 30.1 Å². The minimum Gasteiger partial charge on any atom is -0.281 e. The molecule has 0 spiro atoms. The van der Waals surface area contributed by atoms with Crippen LogP contribution >= 0.6 is 11.6 Å². The quantitative estimate of drug-likeness (QED) is 0.531. The van der Waals surface area contributed by atoms with Crippen LogP contribution in [-0.4, -0.2) is 10.2 Å². The van der Waals surface area contributed by atoms with E-state index >= 15 is 0 Å². The highest BCUT2D eigenvalue weighted by Crippen LogP contribution is 1.95. The van der Waals surface area contributed by atoms with Gasteiger partial charge in [-0.15, -0.1) is 0 Å². The third-order valence-corrected chi connectivity index (χ3v) is 1.53. The van der Waals surface area contributed by atoms with Gasteiger partial charge in [0.25, 0.3) is 0 Å². The van der Waals surface area contributed by atoms with E-state index in [0.29, 0.717) is 12.8 Å². The van der Waals surface area contributed by atoms with Crippen molar-refractivity contribution >= 4 is 16.8 Å². The minimum absolute atomic E-state index is 0.300. The topological polar surface area (TPSA) is 30.0 Å². The molecule has 0 aliphatic rings. The number of nitrogens with zero attached hydrogens (tertiary/aromatic N) is 1. The SMILES string of the molecule is O=C(Cl)CCC#Cc1cccnc1. The molecule has 1 rings (SSSR count). The Labute approximate surface area is 81.9 Å². The van der Waals surface area contributed by atoms with Gasteiger partial charge in [-0.1, -0.05) is 11.8 Å². The molecule has 0 fully saturated rings. The standard InChI is InChI=1S/C10H8ClNO/c11-10(13)6-2-1-4-9-5-3-7-12-8-9/h3,5,7-8H,2,6H2. The molecule has 66 valence electrons. The van der Waals surface area contributed by atoms with Crippen molar-refractivity contribution in [3.8, 4) is 11.8 Å². The molecule has 2 nitrogen and oxygen atoms in total. The van der Waals surface area contributed by atoms with Crippen molar-refractivity contribution < 1.29 is 4.79 Å². The van der Waals surface area contributed by atoms with E-state index in [1.54, 1.807) is 12.4 Å². The third-order valence-electron chi connectivity index (χ3n) is 1.34. The van der Waals surface area contributed by atoms with E-state index < -0.39 is 0 Å². The molecular weight excluding hydrogens is 186 g/mol. The van der Waals surface area contributed by atoms with Crippen molar-refractivity contribution in [1.29, 1.82) is 0 Å². The molecule has 0 unspecified atom stereocenters. The molecule has 0 saturated heterocycles. The van der Waals surface area contributed by atoms with E-state index in [4.69, 9.17) is 11.6 Å². The second-order valence-corrected chi connectivity index (χ2v) is 2.82. The number of pyridine rings is 1. The molecule has 13 heavy (non-hydrogen) atoms. The lowest BCUT2D eigenvalue weighted by molar-refractivity contribution is -0.111. The number of halogens is 1. The van der Waals surface area contributed by atoms with Crippen LogP contribution in [0.4, 0.5) is 0 Å². The molecule has 0 saturated carbocycles.